The van der Waals surface area contributed by atoms with Crippen molar-refractivity contribution in [2.45, 2.75) is 58.3 Å². The maximum atomic E-state index is 11.7. The molecule has 30 heavy (non-hydrogen) atoms. The van der Waals surface area contributed by atoms with E-state index in [9.17, 15) is 4.79 Å². The molecule has 1 N–H and O–H groups in total. The summed E-state index contributed by atoms with van der Waals surface area (Å²) in [4.78, 5) is 11.7. The first-order valence-electron chi connectivity index (χ1n) is 11.0. The maximum Gasteiger partial charge on any atom is 2.00 e. The first kappa shape index (κ1) is 29.6. The van der Waals surface area contributed by atoms with Crippen molar-refractivity contribution in [1.82, 2.24) is 5.32 Å². The molecule has 3 rings (SSSR count). The van der Waals surface area contributed by atoms with Crippen molar-refractivity contribution in [1.29, 1.82) is 0 Å². The Balaban J connectivity index is 0.000000617. The molecule has 0 unspecified atom stereocenters. The SMILES string of the molecule is CCCCCCCCCCNC(=O)c1ccccc1.[CH]1[CH][CH][CH][CH]1.[CH]1[CH][CH][CH][CH]1.[Zr+2]. The predicted octanol–water partition coefficient (Wildman–Crippen LogP) is 6.60. The van der Waals surface area contributed by atoms with E-state index in [1.54, 1.807) is 0 Å². The van der Waals surface area contributed by atoms with Crippen molar-refractivity contribution >= 4 is 5.91 Å². The van der Waals surface area contributed by atoms with Crippen molar-refractivity contribution in [3.05, 3.63) is 100 Å². The van der Waals surface area contributed by atoms with Crippen LogP contribution in [0.3, 0.4) is 0 Å². The van der Waals surface area contributed by atoms with Gasteiger partial charge >= 0.3 is 26.2 Å². The number of benzene rings is 1. The largest absolute Gasteiger partial charge is 2.00 e. The molecule has 1 amide bonds. The van der Waals surface area contributed by atoms with Crippen LogP contribution >= 0.6 is 0 Å². The number of carbonyl (C=O) groups is 1. The molecule has 3 heteroatoms. The molecular formula is C27H37NOZr+2. The zero-order valence-corrected chi connectivity index (χ0v) is 20.9. The Kier molecular flexibility index (Phi) is 22.9. The van der Waals surface area contributed by atoms with Gasteiger partial charge < -0.3 is 5.32 Å². The molecule has 0 spiro atoms. The molecule has 0 bridgehead atoms. The number of rotatable bonds is 10. The first-order valence-corrected chi connectivity index (χ1v) is 11.0. The number of amides is 1. The van der Waals surface area contributed by atoms with Gasteiger partial charge in [0, 0.05) is 12.1 Å². The van der Waals surface area contributed by atoms with E-state index in [0.717, 1.165) is 18.5 Å². The van der Waals surface area contributed by atoms with Crippen LogP contribution in [0.4, 0.5) is 0 Å². The van der Waals surface area contributed by atoms with E-state index in [0.29, 0.717) is 0 Å². The van der Waals surface area contributed by atoms with Gasteiger partial charge in [-0.2, -0.15) is 0 Å². The Labute approximate surface area is 206 Å². The van der Waals surface area contributed by atoms with E-state index in [1.165, 1.54) is 44.9 Å². The minimum Gasteiger partial charge on any atom is -0.352 e. The summed E-state index contributed by atoms with van der Waals surface area (Å²) in [5, 5.41) is 2.97. The van der Waals surface area contributed by atoms with Crippen LogP contribution in [-0.2, 0) is 26.2 Å². The summed E-state index contributed by atoms with van der Waals surface area (Å²) in [7, 11) is 0. The number of carbonyl (C=O) groups excluding carboxylic acids is 1. The van der Waals surface area contributed by atoms with E-state index >= 15 is 0 Å². The van der Waals surface area contributed by atoms with Crippen LogP contribution in [0.2, 0.25) is 0 Å². The normalized spacial score (nSPS) is 14.6. The molecule has 0 aliphatic heterocycles. The molecule has 0 aromatic heterocycles. The summed E-state index contributed by atoms with van der Waals surface area (Å²) in [5.41, 5.74) is 0.752. The number of hydrogen-bond donors (Lipinski definition) is 1. The van der Waals surface area contributed by atoms with Crippen molar-refractivity contribution in [3.63, 3.8) is 0 Å². The van der Waals surface area contributed by atoms with Gasteiger partial charge in [0.05, 0.1) is 0 Å². The average Bonchev–Trinajstić information content (AvgIpc) is 3.52. The van der Waals surface area contributed by atoms with E-state index in [4.69, 9.17) is 0 Å². The summed E-state index contributed by atoms with van der Waals surface area (Å²) < 4.78 is 0. The van der Waals surface area contributed by atoms with Gasteiger partial charge in [-0.15, -0.1) is 0 Å². The molecule has 0 heterocycles. The van der Waals surface area contributed by atoms with Crippen molar-refractivity contribution < 1.29 is 31.0 Å². The summed E-state index contributed by atoms with van der Waals surface area (Å²) in [6.45, 7) is 3.04. The molecule has 158 valence electrons. The molecule has 2 aliphatic carbocycles. The topological polar surface area (TPSA) is 29.1 Å². The molecule has 1 aromatic rings. The molecule has 2 nitrogen and oxygen atoms in total. The second-order valence-electron chi connectivity index (χ2n) is 7.02. The van der Waals surface area contributed by atoms with Crippen LogP contribution in [0.5, 0.6) is 0 Å². The van der Waals surface area contributed by atoms with Crippen LogP contribution in [-0.4, -0.2) is 12.5 Å². The van der Waals surface area contributed by atoms with Gasteiger partial charge in [0.15, 0.2) is 0 Å². The van der Waals surface area contributed by atoms with Gasteiger partial charge in [0.1, 0.15) is 0 Å². The fraction of sp³-hybridized carbons (Fsp3) is 0.370. The maximum absolute atomic E-state index is 11.7. The van der Waals surface area contributed by atoms with Gasteiger partial charge in [-0.1, -0.05) is 70.1 Å². The third kappa shape index (κ3) is 18.4. The quantitative estimate of drug-likeness (QED) is 0.374. The third-order valence-electron chi connectivity index (χ3n) is 4.46. The van der Waals surface area contributed by atoms with Gasteiger partial charge in [-0.05, 0) is 82.8 Å². The Bertz CT molecular complexity index is 444. The van der Waals surface area contributed by atoms with Crippen LogP contribution in [0.25, 0.3) is 0 Å². The fourth-order valence-corrected chi connectivity index (χ4v) is 2.79. The van der Waals surface area contributed by atoms with E-state index in [-0.39, 0.29) is 32.1 Å². The van der Waals surface area contributed by atoms with Crippen LogP contribution < -0.4 is 5.32 Å². The Morgan fingerprint density at radius 1 is 0.633 bits per heavy atom. The van der Waals surface area contributed by atoms with Crippen LogP contribution in [0, 0.1) is 64.2 Å². The number of unbranched alkanes of at least 4 members (excludes halogenated alkanes) is 7. The average molecular weight is 483 g/mol. The minimum absolute atomic E-state index is 0. The molecule has 2 saturated carbocycles. The third-order valence-corrected chi connectivity index (χ3v) is 4.46. The molecule has 1 aromatic carbocycles. The zero-order chi connectivity index (χ0) is 20.8. The monoisotopic (exact) mass is 481 g/mol. The molecular weight excluding hydrogens is 446 g/mol. The Morgan fingerprint density at radius 2 is 1.03 bits per heavy atom. The molecule has 10 radical (unpaired) electrons. The molecule has 2 aliphatic rings. The van der Waals surface area contributed by atoms with Gasteiger partial charge in [-0.3, -0.25) is 4.79 Å². The van der Waals surface area contributed by atoms with Gasteiger partial charge in [-0.25, -0.2) is 0 Å². The molecule has 2 fully saturated rings. The van der Waals surface area contributed by atoms with Crippen LogP contribution in [0.15, 0.2) is 30.3 Å². The van der Waals surface area contributed by atoms with Crippen LogP contribution in [0.1, 0.15) is 68.6 Å². The minimum atomic E-state index is 0. The van der Waals surface area contributed by atoms with Crippen molar-refractivity contribution in [2.24, 2.45) is 0 Å². The summed E-state index contributed by atoms with van der Waals surface area (Å²) >= 11 is 0. The number of hydrogen-bond acceptors (Lipinski definition) is 1. The fourth-order valence-electron chi connectivity index (χ4n) is 2.79. The smallest absolute Gasteiger partial charge is 0.352 e. The molecule has 0 saturated heterocycles. The first-order chi connectivity index (χ1) is 14.3. The Hall–Kier alpha value is -0.427. The molecule has 0 atom stereocenters. The summed E-state index contributed by atoms with van der Waals surface area (Å²) in [5.74, 6) is 0.0449. The summed E-state index contributed by atoms with van der Waals surface area (Å²) in [6, 6.07) is 9.41. The van der Waals surface area contributed by atoms with E-state index in [1.807, 2.05) is 94.5 Å². The van der Waals surface area contributed by atoms with Gasteiger partial charge in [0.2, 0.25) is 0 Å². The van der Waals surface area contributed by atoms with Gasteiger partial charge in [0.25, 0.3) is 5.91 Å². The van der Waals surface area contributed by atoms with E-state index < -0.39 is 0 Å². The number of nitrogens with one attached hydrogen (secondary N) is 1. The van der Waals surface area contributed by atoms with E-state index in [2.05, 4.69) is 12.2 Å². The predicted molar refractivity (Wildman–Crippen MR) is 124 cm³/mol. The standard InChI is InChI=1S/C17H27NO.2C5H5.Zr/c1-2-3-4-5-6-7-8-12-15-18-17(19)16-13-10-9-11-14-16;2*1-2-4-5-3-1;/h9-11,13-14H,2-8,12,15H2,1H3,(H,18,19);2*1-5H;/q;;;+2. The summed E-state index contributed by atoms with van der Waals surface area (Å²) in [6.07, 6.45) is 30.4. The zero-order valence-electron chi connectivity index (χ0n) is 18.4. The van der Waals surface area contributed by atoms with Crippen molar-refractivity contribution in [3.8, 4) is 0 Å². The second-order valence-corrected chi connectivity index (χ2v) is 7.02. The van der Waals surface area contributed by atoms with Crippen molar-refractivity contribution in [2.75, 3.05) is 6.54 Å². The second kappa shape index (κ2) is 23.2. The Morgan fingerprint density at radius 3 is 1.47 bits per heavy atom.